The molecule has 0 saturated carbocycles. The first-order chi connectivity index (χ1) is 13.6. The Morgan fingerprint density at radius 2 is 1.90 bits per heavy atom. The Kier molecular flexibility index (Phi) is 5.10. The van der Waals surface area contributed by atoms with Crippen LogP contribution in [0.5, 0.6) is 0 Å². The Morgan fingerprint density at radius 3 is 2.48 bits per heavy atom. The van der Waals surface area contributed by atoms with Crippen molar-refractivity contribution in [1.82, 2.24) is 5.43 Å². The van der Waals surface area contributed by atoms with Crippen molar-refractivity contribution in [3.8, 4) is 0 Å². The van der Waals surface area contributed by atoms with Gasteiger partial charge in [-0.05, 0) is 30.9 Å². The molecule has 0 atom stereocenters. The van der Waals surface area contributed by atoms with Gasteiger partial charge in [0.25, 0.3) is 11.6 Å². The zero-order chi connectivity index (χ0) is 21.3. The molecule has 1 aliphatic carbocycles. The van der Waals surface area contributed by atoms with Gasteiger partial charge in [0, 0.05) is 35.4 Å². The molecule has 0 unspecified atom stereocenters. The summed E-state index contributed by atoms with van der Waals surface area (Å²) in [6, 6.07) is 4.72. The molecule has 2 aromatic rings. The lowest BCUT2D eigenvalue weighted by Crippen LogP contribution is -2.31. The molecule has 1 aromatic carbocycles. The van der Waals surface area contributed by atoms with Crippen LogP contribution < -0.4 is 16.5 Å². The number of fused-ring (bicyclic) bond motifs is 1. The highest BCUT2D eigenvalue weighted by Gasteiger charge is 2.36. The van der Waals surface area contributed by atoms with Gasteiger partial charge in [-0.2, -0.15) is 5.10 Å². The molecule has 3 amide bonds. The van der Waals surface area contributed by atoms with Crippen molar-refractivity contribution in [2.75, 3.05) is 5.32 Å². The molecule has 1 aliphatic rings. The number of nitro groups is 1. The van der Waals surface area contributed by atoms with E-state index in [0.717, 1.165) is 0 Å². The van der Waals surface area contributed by atoms with Crippen molar-refractivity contribution in [3.05, 3.63) is 57.0 Å². The van der Waals surface area contributed by atoms with E-state index in [4.69, 9.17) is 10.2 Å². The Balaban J connectivity index is 1.91. The Bertz CT molecular complexity index is 1020. The second-order valence-corrected chi connectivity index (χ2v) is 7.66. The van der Waals surface area contributed by atoms with Gasteiger partial charge in [-0.25, -0.2) is 10.2 Å². The lowest BCUT2D eigenvalue weighted by molar-refractivity contribution is -0.384. The van der Waals surface area contributed by atoms with Gasteiger partial charge in [0.1, 0.15) is 5.76 Å². The van der Waals surface area contributed by atoms with Gasteiger partial charge in [0.05, 0.1) is 10.6 Å². The number of rotatable bonds is 4. The number of primary amides is 1. The fourth-order valence-electron chi connectivity index (χ4n) is 3.40. The molecule has 10 heteroatoms. The number of benzene rings is 1. The average molecular weight is 399 g/mol. The molecule has 0 bridgehead atoms. The van der Waals surface area contributed by atoms with Crippen LogP contribution in [0.4, 0.5) is 16.2 Å². The summed E-state index contributed by atoms with van der Waals surface area (Å²) in [4.78, 5) is 34.0. The molecule has 152 valence electrons. The van der Waals surface area contributed by atoms with Crippen molar-refractivity contribution < 1.29 is 18.9 Å². The molecule has 0 aliphatic heterocycles. The molecule has 4 N–H and O–H groups in total. The van der Waals surface area contributed by atoms with E-state index in [0.29, 0.717) is 41.1 Å². The average Bonchev–Trinajstić information content (AvgIpc) is 2.95. The summed E-state index contributed by atoms with van der Waals surface area (Å²) in [7, 11) is 0. The summed E-state index contributed by atoms with van der Waals surface area (Å²) in [6.45, 7) is 5.81. The number of amides is 3. The van der Waals surface area contributed by atoms with Crippen LogP contribution in [0.1, 0.15) is 47.7 Å². The maximum atomic E-state index is 12.7. The summed E-state index contributed by atoms with van der Waals surface area (Å²) in [5, 5.41) is 17.5. The standard InChI is InChI=1S/C19H21N5O5/c1-10-15-13(22-23-18(20)26)8-19(2,3)9-14(15)29-16(10)17(25)21-11-4-6-12(7-5-11)24(27)28/h4-7H,8-9H2,1-3H3,(H,21,25)(H3,20,23,26)/b22-13-. The van der Waals surface area contributed by atoms with Crippen LogP contribution in [0, 0.1) is 22.5 Å². The first-order valence-corrected chi connectivity index (χ1v) is 8.88. The molecular weight excluding hydrogens is 378 g/mol. The number of urea groups is 1. The third-order valence-corrected chi connectivity index (χ3v) is 4.64. The Morgan fingerprint density at radius 1 is 1.24 bits per heavy atom. The maximum Gasteiger partial charge on any atom is 0.332 e. The number of nitrogens with two attached hydrogens (primary N) is 1. The number of hydrogen-bond donors (Lipinski definition) is 3. The minimum absolute atomic E-state index is 0.0716. The number of hydrazone groups is 1. The summed E-state index contributed by atoms with van der Waals surface area (Å²) in [6.07, 6.45) is 1.17. The van der Waals surface area contributed by atoms with Crippen LogP contribution in [0.25, 0.3) is 0 Å². The van der Waals surface area contributed by atoms with Crippen LogP contribution in [0.15, 0.2) is 33.8 Å². The monoisotopic (exact) mass is 399 g/mol. The van der Waals surface area contributed by atoms with Crippen molar-refractivity contribution in [2.45, 2.75) is 33.6 Å². The topological polar surface area (TPSA) is 153 Å². The van der Waals surface area contributed by atoms with Crippen LogP contribution in [0.2, 0.25) is 0 Å². The number of hydrogen-bond acceptors (Lipinski definition) is 6. The molecule has 1 heterocycles. The minimum Gasteiger partial charge on any atom is -0.455 e. The zero-order valence-electron chi connectivity index (χ0n) is 16.2. The van der Waals surface area contributed by atoms with Gasteiger partial charge < -0.3 is 15.5 Å². The highest BCUT2D eigenvalue weighted by Crippen LogP contribution is 2.39. The lowest BCUT2D eigenvalue weighted by atomic mass is 9.75. The van der Waals surface area contributed by atoms with Gasteiger partial charge in [0.15, 0.2) is 5.76 Å². The molecule has 1 aromatic heterocycles. The molecule has 10 nitrogen and oxygen atoms in total. The quantitative estimate of drug-likeness (QED) is 0.532. The molecule has 3 rings (SSSR count). The second kappa shape index (κ2) is 7.38. The van der Waals surface area contributed by atoms with Gasteiger partial charge in [-0.15, -0.1) is 0 Å². The highest BCUT2D eigenvalue weighted by molar-refractivity contribution is 6.09. The second-order valence-electron chi connectivity index (χ2n) is 7.66. The molecule has 0 spiro atoms. The van der Waals surface area contributed by atoms with Gasteiger partial charge in [-0.3, -0.25) is 14.9 Å². The summed E-state index contributed by atoms with van der Waals surface area (Å²) in [5.74, 6) is 0.251. The number of furan rings is 1. The number of nitrogens with one attached hydrogen (secondary N) is 2. The van der Waals surface area contributed by atoms with Gasteiger partial charge in [-0.1, -0.05) is 13.8 Å². The predicted molar refractivity (Wildman–Crippen MR) is 106 cm³/mol. The third-order valence-electron chi connectivity index (χ3n) is 4.64. The van der Waals surface area contributed by atoms with E-state index in [1.807, 2.05) is 13.8 Å². The first kappa shape index (κ1) is 20.1. The Labute approximate surface area is 166 Å². The van der Waals surface area contributed by atoms with E-state index in [9.17, 15) is 19.7 Å². The molecule has 29 heavy (non-hydrogen) atoms. The lowest BCUT2D eigenvalue weighted by Gasteiger charge is -2.29. The third kappa shape index (κ3) is 4.26. The van der Waals surface area contributed by atoms with E-state index in [1.54, 1.807) is 6.92 Å². The van der Waals surface area contributed by atoms with Crippen LogP contribution >= 0.6 is 0 Å². The summed E-state index contributed by atoms with van der Waals surface area (Å²) in [5.41, 5.74) is 9.38. The van der Waals surface area contributed by atoms with E-state index in [1.165, 1.54) is 24.3 Å². The zero-order valence-corrected chi connectivity index (χ0v) is 16.2. The normalized spacial score (nSPS) is 16.2. The smallest absolute Gasteiger partial charge is 0.332 e. The highest BCUT2D eigenvalue weighted by atomic mass is 16.6. The molecule has 0 saturated heterocycles. The number of carbonyl (C=O) groups excluding carboxylic acids is 2. The minimum atomic E-state index is -0.778. The first-order valence-electron chi connectivity index (χ1n) is 8.88. The number of non-ortho nitro benzene ring substituents is 1. The van der Waals surface area contributed by atoms with Crippen molar-refractivity contribution in [2.24, 2.45) is 16.3 Å². The molecule has 0 fully saturated rings. The van der Waals surface area contributed by atoms with Crippen LogP contribution in [-0.4, -0.2) is 22.6 Å². The van der Waals surface area contributed by atoms with E-state index >= 15 is 0 Å². The Hall–Kier alpha value is -3.69. The van der Waals surface area contributed by atoms with Crippen molar-refractivity contribution in [3.63, 3.8) is 0 Å². The molecular formula is C19H21N5O5. The van der Waals surface area contributed by atoms with Crippen LogP contribution in [0.3, 0.4) is 0 Å². The van der Waals surface area contributed by atoms with E-state index in [2.05, 4.69) is 15.8 Å². The number of carbonyl (C=O) groups is 2. The molecule has 0 radical (unpaired) electrons. The number of nitrogens with zero attached hydrogens (tertiary/aromatic N) is 2. The maximum absolute atomic E-state index is 12.7. The fraction of sp³-hybridized carbons (Fsp3) is 0.316. The fourth-order valence-corrected chi connectivity index (χ4v) is 3.40. The number of anilines is 1. The van der Waals surface area contributed by atoms with Gasteiger partial charge >= 0.3 is 6.03 Å². The van der Waals surface area contributed by atoms with Gasteiger partial charge in [0.2, 0.25) is 0 Å². The van der Waals surface area contributed by atoms with Crippen LogP contribution in [-0.2, 0) is 6.42 Å². The van der Waals surface area contributed by atoms with Crippen molar-refractivity contribution >= 4 is 29.0 Å². The van der Waals surface area contributed by atoms with E-state index < -0.39 is 16.9 Å². The summed E-state index contributed by atoms with van der Waals surface area (Å²) >= 11 is 0. The SMILES string of the molecule is Cc1c(C(=O)Nc2ccc([N+](=O)[O-])cc2)oc2c1/C(=N\NC(N)=O)CC(C)(C)C2. The number of nitro benzene ring substituents is 1. The largest absolute Gasteiger partial charge is 0.455 e. The van der Waals surface area contributed by atoms with E-state index in [-0.39, 0.29) is 16.9 Å². The van der Waals surface area contributed by atoms with Crippen molar-refractivity contribution in [1.29, 1.82) is 0 Å². The predicted octanol–water partition coefficient (Wildman–Crippen LogP) is 3.09. The summed E-state index contributed by atoms with van der Waals surface area (Å²) < 4.78 is 5.86.